The van der Waals surface area contributed by atoms with Gasteiger partial charge in [-0.05, 0) is 43.3 Å². The lowest BCUT2D eigenvalue weighted by Gasteiger charge is -2.11. The van der Waals surface area contributed by atoms with Crippen LogP contribution in [0.15, 0.2) is 47.4 Å². The summed E-state index contributed by atoms with van der Waals surface area (Å²) in [6.07, 6.45) is 1.61. The van der Waals surface area contributed by atoms with Crippen LogP contribution < -0.4 is 10.9 Å². The first-order valence-corrected chi connectivity index (χ1v) is 8.02. The summed E-state index contributed by atoms with van der Waals surface area (Å²) in [5, 5.41) is 4.12. The van der Waals surface area contributed by atoms with Gasteiger partial charge in [-0.15, -0.1) is 0 Å². The number of benzene rings is 1. The van der Waals surface area contributed by atoms with Crippen LogP contribution >= 0.6 is 23.2 Å². The van der Waals surface area contributed by atoms with Crippen LogP contribution in [0.25, 0.3) is 11.0 Å². The van der Waals surface area contributed by atoms with Crippen molar-refractivity contribution in [3.8, 4) is 0 Å². The Morgan fingerprint density at radius 1 is 1.25 bits per heavy atom. The highest BCUT2D eigenvalue weighted by atomic mass is 35.5. The van der Waals surface area contributed by atoms with Gasteiger partial charge < -0.3 is 5.32 Å². The third kappa shape index (κ3) is 3.00. The topological polar surface area (TPSA) is 64.0 Å². The van der Waals surface area contributed by atoms with E-state index in [1.807, 2.05) is 6.92 Å². The number of fused-ring (bicyclic) bond motifs is 1. The Hall–Kier alpha value is -2.37. The molecule has 0 atom stereocenters. The summed E-state index contributed by atoms with van der Waals surface area (Å²) in [5.74, 6) is -0.530. The van der Waals surface area contributed by atoms with Gasteiger partial charge in [0.25, 0.3) is 11.5 Å². The molecule has 1 aromatic carbocycles. The van der Waals surface area contributed by atoms with Crippen LogP contribution in [0.2, 0.25) is 10.0 Å². The van der Waals surface area contributed by atoms with Gasteiger partial charge in [0.05, 0.1) is 10.7 Å². The molecule has 0 spiro atoms. The number of aryl methyl sites for hydroxylation is 1. The van der Waals surface area contributed by atoms with E-state index in [9.17, 15) is 9.59 Å². The SMILES string of the molecule is CCn1c(=O)c(C(=O)Nc2ccc(Cl)cc2Cl)cc2cccnc21. The maximum atomic E-state index is 12.6. The minimum Gasteiger partial charge on any atom is -0.320 e. The molecule has 122 valence electrons. The predicted molar refractivity (Wildman–Crippen MR) is 96.1 cm³/mol. The Morgan fingerprint density at radius 3 is 2.75 bits per heavy atom. The zero-order valence-electron chi connectivity index (χ0n) is 12.7. The smallest absolute Gasteiger partial charge is 0.265 e. The number of carbonyl (C=O) groups excluding carboxylic acids is 1. The molecule has 0 aliphatic heterocycles. The molecule has 3 aromatic rings. The van der Waals surface area contributed by atoms with Crippen LogP contribution in [0.1, 0.15) is 17.3 Å². The van der Waals surface area contributed by atoms with Gasteiger partial charge in [0.1, 0.15) is 11.2 Å². The molecule has 0 saturated carbocycles. The molecule has 0 saturated heterocycles. The molecule has 0 aliphatic rings. The fourth-order valence-corrected chi connectivity index (χ4v) is 2.90. The largest absolute Gasteiger partial charge is 0.320 e. The van der Waals surface area contributed by atoms with Crippen molar-refractivity contribution in [3.05, 3.63) is 68.6 Å². The number of rotatable bonds is 3. The number of amides is 1. The Balaban J connectivity index is 2.07. The van der Waals surface area contributed by atoms with Crippen LogP contribution in [0.5, 0.6) is 0 Å². The van der Waals surface area contributed by atoms with E-state index in [-0.39, 0.29) is 5.56 Å². The standard InChI is InChI=1S/C17H13Cl2N3O2/c1-2-22-15-10(4-3-7-20-15)8-12(17(22)24)16(23)21-14-6-5-11(18)9-13(14)19/h3-9H,2H2,1H3,(H,21,23). The van der Waals surface area contributed by atoms with E-state index in [0.29, 0.717) is 33.3 Å². The number of pyridine rings is 2. The summed E-state index contributed by atoms with van der Waals surface area (Å²) in [5.41, 5.74) is 0.570. The lowest BCUT2D eigenvalue weighted by Crippen LogP contribution is -2.29. The van der Waals surface area contributed by atoms with Gasteiger partial charge in [0, 0.05) is 23.2 Å². The number of aromatic nitrogens is 2. The first-order valence-electron chi connectivity index (χ1n) is 7.26. The average molecular weight is 362 g/mol. The molecule has 3 rings (SSSR count). The van der Waals surface area contributed by atoms with Gasteiger partial charge in [-0.25, -0.2) is 4.98 Å². The second kappa shape index (κ2) is 6.63. The molecule has 0 fully saturated rings. The van der Waals surface area contributed by atoms with Crippen molar-refractivity contribution in [1.82, 2.24) is 9.55 Å². The molecule has 1 N–H and O–H groups in total. The van der Waals surface area contributed by atoms with Crippen molar-refractivity contribution >= 4 is 45.8 Å². The molecular weight excluding hydrogens is 349 g/mol. The van der Waals surface area contributed by atoms with E-state index in [2.05, 4.69) is 10.3 Å². The van der Waals surface area contributed by atoms with Crippen molar-refractivity contribution in [2.24, 2.45) is 0 Å². The molecule has 2 aromatic heterocycles. The summed E-state index contributed by atoms with van der Waals surface area (Å²) in [6.45, 7) is 2.24. The Morgan fingerprint density at radius 2 is 2.04 bits per heavy atom. The average Bonchev–Trinajstić information content (AvgIpc) is 2.57. The number of anilines is 1. The van der Waals surface area contributed by atoms with Crippen LogP contribution in [0.3, 0.4) is 0 Å². The fraction of sp³-hybridized carbons (Fsp3) is 0.118. The molecule has 7 heteroatoms. The molecule has 0 unspecified atom stereocenters. The molecule has 0 radical (unpaired) electrons. The number of carbonyl (C=O) groups is 1. The van der Waals surface area contributed by atoms with E-state index in [0.717, 1.165) is 0 Å². The maximum absolute atomic E-state index is 12.6. The highest BCUT2D eigenvalue weighted by Crippen LogP contribution is 2.25. The normalized spacial score (nSPS) is 10.8. The van der Waals surface area contributed by atoms with Crippen molar-refractivity contribution in [3.63, 3.8) is 0 Å². The van der Waals surface area contributed by atoms with Crippen LogP contribution in [-0.2, 0) is 6.54 Å². The zero-order valence-corrected chi connectivity index (χ0v) is 14.2. The number of halogens is 2. The monoisotopic (exact) mass is 361 g/mol. The summed E-state index contributed by atoms with van der Waals surface area (Å²) in [6, 6.07) is 9.81. The molecule has 5 nitrogen and oxygen atoms in total. The van der Waals surface area contributed by atoms with Gasteiger partial charge >= 0.3 is 0 Å². The van der Waals surface area contributed by atoms with Gasteiger partial charge in [0.2, 0.25) is 0 Å². The number of nitrogens with one attached hydrogen (secondary N) is 1. The van der Waals surface area contributed by atoms with E-state index >= 15 is 0 Å². The third-order valence-electron chi connectivity index (χ3n) is 3.59. The molecule has 1 amide bonds. The van der Waals surface area contributed by atoms with Crippen LogP contribution in [0, 0.1) is 0 Å². The third-order valence-corrected chi connectivity index (χ3v) is 4.14. The summed E-state index contributed by atoms with van der Waals surface area (Å²) in [7, 11) is 0. The number of hydrogen-bond acceptors (Lipinski definition) is 3. The summed E-state index contributed by atoms with van der Waals surface area (Å²) < 4.78 is 1.47. The van der Waals surface area contributed by atoms with E-state index in [1.54, 1.807) is 30.5 Å². The van der Waals surface area contributed by atoms with Crippen molar-refractivity contribution in [2.75, 3.05) is 5.32 Å². The van der Waals surface area contributed by atoms with Crippen LogP contribution in [-0.4, -0.2) is 15.5 Å². The zero-order chi connectivity index (χ0) is 17.3. The van der Waals surface area contributed by atoms with E-state index < -0.39 is 11.5 Å². The van der Waals surface area contributed by atoms with Crippen LogP contribution in [0.4, 0.5) is 5.69 Å². The van der Waals surface area contributed by atoms with Crippen molar-refractivity contribution in [1.29, 1.82) is 0 Å². The molecular formula is C17H13Cl2N3O2. The number of hydrogen-bond donors (Lipinski definition) is 1. The van der Waals surface area contributed by atoms with Crippen molar-refractivity contribution in [2.45, 2.75) is 13.5 Å². The van der Waals surface area contributed by atoms with E-state index in [1.165, 1.54) is 16.7 Å². The number of nitrogens with zero attached hydrogens (tertiary/aromatic N) is 2. The maximum Gasteiger partial charge on any atom is 0.265 e. The lowest BCUT2D eigenvalue weighted by molar-refractivity contribution is 0.102. The summed E-state index contributed by atoms with van der Waals surface area (Å²) in [4.78, 5) is 29.4. The Bertz CT molecular complexity index is 999. The highest BCUT2D eigenvalue weighted by Gasteiger charge is 2.16. The quantitative estimate of drug-likeness (QED) is 0.767. The van der Waals surface area contributed by atoms with Gasteiger partial charge in [0.15, 0.2) is 0 Å². The van der Waals surface area contributed by atoms with Gasteiger partial charge in [-0.1, -0.05) is 23.2 Å². The first-order chi connectivity index (χ1) is 11.5. The van der Waals surface area contributed by atoms with Crippen molar-refractivity contribution < 1.29 is 4.79 Å². The Kier molecular flexibility index (Phi) is 4.55. The minimum atomic E-state index is -0.530. The second-order valence-corrected chi connectivity index (χ2v) is 5.95. The highest BCUT2D eigenvalue weighted by molar-refractivity contribution is 6.36. The molecule has 0 bridgehead atoms. The predicted octanol–water partition coefficient (Wildman–Crippen LogP) is 3.98. The minimum absolute atomic E-state index is 0.0309. The lowest BCUT2D eigenvalue weighted by atomic mass is 10.2. The van der Waals surface area contributed by atoms with E-state index in [4.69, 9.17) is 23.2 Å². The first kappa shape index (κ1) is 16.5. The molecule has 2 heterocycles. The second-order valence-electron chi connectivity index (χ2n) is 5.10. The Labute approximate surface area is 147 Å². The van der Waals surface area contributed by atoms with Gasteiger partial charge in [-0.3, -0.25) is 14.2 Å². The molecule has 24 heavy (non-hydrogen) atoms. The molecule has 0 aliphatic carbocycles. The fourth-order valence-electron chi connectivity index (χ4n) is 2.44. The van der Waals surface area contributed by atoms with Gasteiger partial charge in [-0.2, -0.15) is 0 Å². The summed E-state index contributed by atoms with van der Waals surface area (Å²) >= 11 is 11.9.